The minimum absolute atomic E-state index is 0.0163. The van der Waals surface area contributed by atoms with E-state index in [9.17, 15) is 0 Å². The molecule has 4 aromatic rings. The summed E-state index contributed by atoms with van der Waals surface area (Å²) in [6.45, 7) is 35.1. The number of hydrogen-bond acceptors (Lipinski definition) is 2. The van der Waals surface area contributed by atoms with Gasteiger partial charge in [-0.15, -0.1) is 0 Å². The highest BCUT2D eigenvalue weighted by molar-refractivity contribution is 6.13. The lowest BCUT2D eigenvalue weighted by atomic mass is 9.59. The van der Waals surface area contributed by atoms with Crippen molar-refractivity contribution < 1.29 is 0 Å². The fourth-order valence-corrected chi connectivity index (χ4v) is 8.46. The Kier molecular flexibility index (Phi) is 8.33. The summed E-state index contributed by atoms with van der Waals surface area (Å²) in [4.78, 5) is 19.7. The smallest absolute Gasteiger partial charge is 0.161 e. The van der Waals surface area contributed by atoms with Gasteiger partial charge >= 0.3 is 0 Å². The van der Waals surface area contributed by atoms with Crippen molar-refractivity contribution in [3.05, 3.63) is 124 Å². The highest BCUT2D eigenvalue weighted by Gasteiger charge is 2.57. The first kappa shape index (κ1) is 35.6. The summed E-state index contributed by atoms with van der Waals surface area (Å²) in [5.74, 6) is 1.23. The predicted octanol–water partition coefficient (Wildman–Crippen LogP) is 11.3. The monoisotopic (exact) mass is 664 g/mol. The molecule has 0 amide bonds. The Labute approximate surface area is 301 Å². The Bertz CT molecular complexity index is 2030. The molecule has 0 N–H and O–H groups in total. The molecule has 0 atom stereocenters. The highest BCUT2D eigenvalue weighted by atomic mass is 15.0. The van der Waals surface area contributed by atoms with Gasteiger partial charge in [0, 0.05) is 22.9 Å². The van der Waals surface area contributed by atoms with Crippen LogP contribution in [0.15, 0.2) is 94.0 Å². The molecule has 0 radical (unpaired) electrons. The molecule has 0 aliphatic heterocycles. The quantitative estimate of drug-likeness (QED) is 0.155. The van der Waals surface area contributed by atoms with Gasteiger partial charge in [-0.1, -0.05) is 143 Å². The maximum absolute atomic E-state index is 5.23. The van der Waals surface area contributed by atoms with Gasteiger partial charge in [-0.05, 0) is 92.1 Å². The SMILES string of the molecule is C=NC(=NC(=NCc1ccc(-c2ccc(C)cc2)nc1)c1ccc2c(c1)C(C)(C)C(C)(C)C2(C)C)c1ccc2c(c1)C(C)(C)C(C)(C)C2(C)C. The lowest BCUT2D eigenvalue weighted by molar-refractivity contribution is 0.125. The Morgan fingerprint density at radius 1 is 0.580 bits per heavy atom. The van der Waals surface area contributed by atoms with Crippen LogP contribution in [0.25, 0.3) is 11.3 Å². The number of hydrogen-bond donors (Lipinski definition) is 0. The van der Waals surface area contributed by atoms with Crippen LogP contribution >= 0.6 is 0 Å². The van der Waals surface area contributed by atoms with Gasteiger partial charge in [-0.25, -0.2) is 9.98 Å². The summed E-state index contributed by atoms with van der Waals surface area (Å²) in [6.07, 6.45) is 1.93. The summed E-state index contributed by atoms with van der Waals surface area (Å²) >= 11 is 0. The van der Waals surface area contributed by atoms with Crippen LogP contribution < -0.4 is 0 Å². The standard InChI is InChI=1S/C46H56N4/c1-29-15-18-31(19-16-29)38-24-17-30(27-48-38)28-49-40(33-21-23-35-37(26-33)44(8,9)46(12,13)42(35,4)5)50-39(47-14)32-20-22-34-36(25-32)43(6,7)45(10,11)41(34,2)3/h15-27H,14,28H2,1-13H3. The predicted molar refractivity (Wildman–Crippen MR) is 213 cm³/mol. The highest BCUT2D eigenvalue weighted by Crippen LogP contribution is 2.62. The number of pyridine rings is 1. The molecule has 4 heteroatoms. The lowest BCUT2D eigenvalue weighted by Crippen LogP contribution is -2.42. The third kappa shape index (κ3) is 5.16. The van der Waals surface area contributed by atoms with E-state index in [0.29, 0.717) is 18.2 Å². The van der Waals surface area contributed by atoms with Crippen LogP contribution in [0.2, 0.25) is 0 Å². The van der Waals surface area contributed by atoms with Crippen molar-refractivity contribution in [1.29, 1.82) is 0 Å². The molecule has 50 heavy (non-hydrogen) atoms. The molecule has 1 heterocycles. The first-order valence-electron chi connectivity index (χ1n) is 18.1. The Morgan fingerprint density at radius 3 is 1.52 bits per heavy atom. The molecule has 0 spiro atoms. The van der Waals surface area contributed by atoms with E-state index < -0.39 is 0 Å². The van der Waals surface area contributed by atoms with Crippen LogP contribution in [0.4, 0.5) is 0 Å². The van der Waals surface area contributed by atoms with E-state index >= 15 is 0 Å². The summed E-state index contributed by atoms with van der Waals surface area (Å²) in [5.41, 5.74) is 11.8. The third-order valence-corrected chi connectivity index (χ3v) is 14.4. The van der Waals surface area contributed by atoms with Crippen molar-refractivity contribution in [3.8, 4) is 11.3 Å². The summed E-state index contributed by atoms with van der Waals surface area (Å²) in [7, 11) is 0. The second-order valence-corrected chi connectivity index (χ2v) is 17.9. The fourth-order valence-electron chi connectivity index (χ4n) is 8.46. The van der Waals surface area contributed by atoms with Crippen molar-refractivity contribution in [2.45, 2.75) is 118 Å². The molecule has 0 fully saturated rings. The number of aliphatic imine (C=N–C) groups is 3. The molecular formula is C46H56N4. The van der Waals surface area contributed by atoms with Crippen LogP contribution in [0.1, 0.15) is 128 Å². The average Bonchev–Trinajstić information content (AvgIpc) is 3.25. The summed E-state index contributed by atoms with van der Waals surface area (Å²) < 4.78 is 0. The molecule has 260 valence electrons. The molecule has 3 aromatic carbocycles. The molecule has 2 aliphatic rings. The molecule has 0 saturated carbocycles. The second-order valence-electron chi connectivity index (χ2n) is 17.9. The molecule has 1 aromatic heterocycles. The number of amidine groups is 2. The molecule has 2 aliphatic carbocycles. The Hall–Kier alpha value is -4.18. The lowest BCUT2D eigenvalue weighted by Gasteiger charge is -2.44. The van der Waals surface area contributed by atoms with Gasteiger partial charge in [0.05, 0.1) is 12.2 Å². The molecule has 0 unspecified atom stereocenters. The van der Waals surface area contributed by atoms with Crippen molar-refractivity contribution in [2.24, 2.45) is 25.8 Å². The zero-order valence-corrected chi connectivity index (χ0v) is 32.7. The van der Waals surface area contributed by atoms with E-state index in [1.165, 1.54) is 27.8 Å². The van der Waals surface area contributed by atoms with Crippen LogP contribution in [0, 0.1) is 17.8 Å². The first-order chi connectivity index (χ1) is 23.2. The van der Waals surface area contributed by atoms with E-state index in [1.807, 2.05) is 6.20 Å². The number of nitrogens with zero attached hydrogens (tertiary/aromatic N) is 4. The van der Waals surface area contributed by atoms with Crippen molar-refractivity contribution >= 4 is 18.4 Å². The van der Waals surface area contributed by atoms with Gasteiger partial charge in [-0.3, -0.25) is 9.98 Å². The molecule has 6 rings (SSSR count). The zero-order valence-electron chi connectivity index (χ0n) is 32.7. The minimum Gasteiger partial charge on any atom is -0.261 e. The van der Waals surface area contributed by atoms with Crippen molar-refractivity contribution in [2.75, 3.05) is 0 Å². The van der Waals surface area contributed by atoms with Crippen molar-refractivity contribution in [1.82, 2.24) is 4.98 Å². The van der Waals surface area contributed by atoms with E-state index in [0.717, 1.165) is 27.9 Å². The molecule has 0 saturated heterocycles. The van der Waals surface area contributed by atoms with E-state index in [4.69, 9.17) is 15.0 Å². The van der Waals surface area contributed by atoms with Crippen molar-refractivity contribution in [3.63, 3.8) is 0 Å². The van der Waals surface area contributed by atoms with Gasteiger partial charge in [0.2, 0.25) is 0 Å². The fraction of sp³-hybridized carbons (Fsp3) is 0.435. The maximum atomic E-state index is 5.23. The van der Waals surface area contributed by atoms with Crippen LogP contribution in [0.5, 0.6) is 0 Å². The van der Waals surface area contributed by atoms with Gasteiger partial charge in [0.15, 0.2) is 11.7 Å². The Morgan fingerprint density at radius 2 is 1.06 bits per heavy atom. The van der Waals surface area contributed by atoms with E-state index in [-0.39, 0.29) is 32.5 Å². The third-order valence-electron chi connectivity index (χ3n) is 14.4. The largest absolute Gasteiger partial charge is 0.261 e. The van der Waals surface area contributed by atoms with Crippen LogP contribution in [-0.4, -0.2) is 23.4 Å². The molecule has 0 bridgehead atoms. The van der Waals surface area contributed by atoms with E-state index in [2.05, 4.69) is 175 Å². The number of benzene rings is 3. The number of aromatic nitrogens is 1. The average molecular weight is 665 g/mol. The van der Waals surface area contributed by atoms with Gasteiger partial charge in [0.1, 0.15) is 0 Å². The van der Waals surface area contributed by atoms with Crippen LogP contribution in [0.3, 0.4) is 0 Å². The minimum atomic E-state index is -0.0446. The van der Waals surface area contributed by atoms with Gasteiger partial charge in [-0.2, -0.15) is 0 Å². The molecular weight excluding hydrogens is 609 g/mol. The van der Waals surface area contributed by atoms with Gasteiger partial charge in [0.25, 0.3) is 0 Å². The first-order valence-corrected chi connectivity index (χ1v) is 18.1. The van der Waals surface area contributed by atoms with E-state index in [1.54, 1.807) is 0 Å². The summed E-state index contributed by atoms with van der Waals surface area (Å²) in [5, 5.41) is 0. The Balaban J connectivity index is 1.45. The normalized spacial score (nSPS) is 20.7. The number of fused-ring (bicyclic) bond motifs is 2. The second kappa shape index (κ2) is 11.7. The number of aryl methyl sites for hydroxylation is 1. The molecule has 4 nitrogen and oxygen atoms in total. The number of rotatable bonds is 5. The van der Waals surface area contributed by atoms with Crippen LogP contribution in [-0.2, 0) is 28.2 Å². The maximum Gasteiger partial charge on any atom is 0.161 e. The summed E-state index contributed by atoms with van der Waals surface area (Å²) in [6, 6.07) is 26.2. The topological polar surface area (TPSA) is 50.0 Å². The van der Waals surface area contributed by atoms with Gasteiger partial charge < -0.3 is 0 Å². The zero-order chi connectivity index (χ0) is 36.7.